The molecular formula is C22H20N6O3S. The molecule has 0 fully saturated rings. The van der Waals surface area contributed by atoms with Crippen LogP contribution in [0, 0.1) is 0 Å². The van der Waals surface area contributed by atoms with Crippen molar-refractivity contribution in [2.45, 2.75) is 16.5 Å². The first-order valence-corrected chi connectivity index (χ1v) is 10.4. The van der Waals surface area contributed by atoms with Gasteiger partial charge in [-0.25, -0.2) is 9.97 Å². The van der Waals surface area contributed by atoms with Crippen molar-refractivity contribution in [2.75, 3.05) is 12.8 Å². The Labute approximate surface area is 187 Å². The van der Waals surface area contributed by atoms with Crippen LogP contribution in [0.2, 0.25) is 0 Å². The van der Waals surface area contributed by atoms with Crippen LogP contribution in [0.1, 0.15) is 26.4 Å². The molecular weight excluding hydrogens is 428 g/mol. The van der Waals surface area contributed by atoms with Gasteiger partial charge in [-0.15, -0.1) is 0 Å². The number of aromatic amines is 1. The molecule has 2 heterocycles. The van der Waals surface area contributed by atoms with Gasteiger partial charge in [-0.2, -0.15) is 0 Å². The third kappa shape index (κ3) is 4.35. The Hall–Kier alpha value is -4.05. The van der Waals surface area contributed by atoms with Gasteiger partial charge in [0.15, 0.2) is 11.5 Å². The molecule has 6 N–H and O–H groups in total. The number of nitrogen functional groups attached to an aromatic ring is 1. The van der Waals surface area contributed by atoms with Crippen molar-refractivity contribution in [3.05, 3.63) is 71.7 Å². The highest BCUT2D eigenvalue weighted by Gasteiger charge is 2.17. The van der Waals surface area contributed by atoms with Crippen molar-refractivity contribution in [2.24, 2.45) is 5.73 Å². The standard InChI is InChI=1S/C22H20N6O3S/c1-31-13-6-7-16-15(8-13)12(9-25-16)10-27-22(30)19-20(23)26-11-18(28-19)32-17-5-3-2-4-14(17)21(24)29/h2-9,11,25H,10H2,1H3,(H2,23,26)(H2,24,29)(H,27,30). The lowest BCUT2D eigenvalue weighted by atomic mass is 10.1. The van der Waals surface area contributed by atoms with Crippen LogP contribution in [0.4, 0.5) is 5.82 Å². The number of carbonyl (C=O) groups is 2. The van der Waals surface area contributed by atoms with E-state index in [0.717, 1.165) is 22.2 Å². The summed E-state index contributed by atoms with van der Waals surface area (Å²) in [5.74, 6) is -0.279. The number of nitrogens with one attached hydrogen (secondary N) is 2. The maximum atomic E-state index is 12.8. The number of nitrogens with zero attached hydrogens (tertiary/aromatic N) is 2. The predicted molar refractivity (Wildman–Crippen MR) is 122 cm³/mol. The fraction of sp³-hybridized carbons (Fsp3) is 0.0909. The number of carbonyl (C=O) groups excluding carboxylic acids is 2. The van der Waals surface area contributed by atoms with Gasteiger partial charge in [0.1, 0.15) is 10.8 Å². The summed E-state index contributed by atoms with van der Waals surface area (Å²) in [6.07, 6.45) is 3.27. The quantitative estimate of drug-likeness (QED) is 0.339. The lowest BCUT2D eigenvalue weighted by Gasteiger charge is -2.09. The van der Waals surface area contributed by atoms with Crippen LogP contribution < -0.4 is 21.5 Å². The van der Waals surface area contributed by atoms with E-state index in [-0.39, 0.29) is 18.1 Å². The molecule has 0 aliphatic carbocycles. The highest BCUT2D eigenvalue weighted by atomic mass is 32.2. The molecule has 4 aromatic rings. The number of hydrogen-bond donors (Lipinski definition) is 4. The third-order valence-electron chi connectivity index (χ3n) is 4.77. The second kappa shape index (κ2) is 8.98. The van der Waals surface area contributed by atoms with Gasteiger partial charge in [0, 0.05) is 28.5 Å². The topological polar surface area (TPSA) is 149 Å². The Balaban J connectivity index is 1.53. The Bertz CT molecular complexity index is 1320. The second-order valence-electron chi connectivity index (χ2n) is 6.81. The van der Waals surface area contributed by atoms with E-state index in [1.165, 1.54) is 18.0 Å². The molecule has 2 aromatic heterocycles. The smallest absolute Gasteiger partial charge is 0.274 e. The number of H-pyrrole nitrogens is 1. The fourth-order valence-corrected chi connectivity index (χ4v) is 4.05. The largest absolute Gasteiger partial charge is 0.497 e. The van der Waals surface area contributed by atoms with Crippen LogP contribution in [0.25, 0.3) is 10.9 Å². The first kappa shape index (κ1) is 21.2. The Morgan fingerprint density at radius 2 is 2.03 bits per heavy atom. The summed E-state index contributed by atoms with van der Waals surface area (Å²) in [7, 11) is 1.60. The highest BCUT2D eigenvalue weighted by molar-refractivity contribution is 7.99. The maximum absolute atomic E-state index is 12.8. The van der Waals surface area contributed by atoms with Crippen molar-refractivity contribution in [1.29, 1.82) is 0 Å². The summed E-state index contributed by atoms with van der Waals surface area (Å²) in [6, 6.07) is 12.5. The Morgan fingerprint density at radius 1 is 1.22 bits per heavy atom. The fourth-order valence-electron chi connectivity index (χ4n) is 3.16. The maximum Gasteiger partial charge on any atom is 0.274 e. The summed E-state index contributed by atoms with van der Waals surface area (Å²) in [5.41, 5.74) is 13.5. The number of primary amides is 1. The number of aromatic nitrogens is 3. The molecule has 2 amide bonds. The number of amides is 2. The molecule has 162 valence electrons. The summed E-state index contributed by atoms with van der Waals surface area (Å²) in [6.45, 7) is 0.259. The van der Waals surface area contributed by atoms with Crippen molar-refractivity contribution in [3.8, 4) is 5.75 Å². The molecule has 2 aromatic carbocycles. The van der Waals surface area contributed by atoms with E-state index in [4.69, 9.17) is 16.2 Å². The zero-order valence-electron chi connectivity index (χ0n) is 17.1. The van der Waals surface area contributed by atoms with E-state index in [0.29, 0.717) is 15.5 Å². The molecule has 0 aliphatic rings. The van der Waals surface area contributed by atoms with E-state index in [1.807, 2.05) is 24.4 Å². The number of benzene rings is 2. The molecule has 9 nitrogen and oxygen atoms in total. The molecule has 4 rings (SSSR count). The average molecular weight is 449 g/mol. The van der Waals surface area contributed by atoms with Gasteiger partial charge >= 0.3 is 0 Å². The number of ether oxygens (including phenoxy) is 1. The molecule has 0 aliphatic heterocycles. The summed E-state index contributed by atoms with van der Waals surface area (Å²) >= 11 is 1.18. The van der Waals surface area contributed by atoms with Gasteiger partial charge in [0.05, 0.1) is 18.9 Å². The van der Waals surface area contributed by atoms with Gasteiger partial charge in [0.2, 0.25) is 5.91 Å². The molecule has 0 unspecified atom stereocenters. The molecule has 0 radical (unpaired) electrons. The minimum Gasteiger partial charge on any atom is -0.497 e. The number of nitrogens with two attached hydrogens (primary N) is 2. The van der Waals surface area contributed by atoms with Crippen molar-refractivity contribution >= 4 is 40.3 Å². The predicted octanol–water partition coefficient (Wildman–Crippen LogP) is 2.73. The molecule has 0 bridgehead atoms. The van der Waals surface area contributed by atoms with Gasteiger partial charge in [-0.3, -0.25) is 9.59 Å². The van der Waals surface area contributed by atoms with Crippen LogP contribution >= 0.6 is 11.8 Å². The van der Waals surface area contributed by atoms with Crippen LogP contribution in [0.5, 0.6) is 5.75 Å². The minimum absolute atomic E-state index is 0.00368. The zero-order chi connectivity index (χ0) is 22.7. The van der Waals surface area contributed by atoms with Crippen LogP contribution in [0.15, 0.2) is 64.8 Å². The van der Waals surface area contributed by atoms with E-state index in [9.17, 15) is 9.59 Å². The Kier molecular flexibility index (Phi) is 5.95. The van der Waals surface area contributed by atoms with Crippen molar-refractivity contribution in [3.63, 3.8) is 0 Å². The molecule has 10 heteroatoms. The van der Waals surface area contributed by atoms with E-state index >= 15 is 0 Å². The average Bonchev–Trinajstić information content (AvgIpc) is 3.21. The van der Waals surface area contributed by atoms with Crippen LogP contribution in [0.3, 0.4) is 0 Å². The normalized spacial score (nSPS) is 10.8. The van der Waals surface area contributed by atoms with Gasteiger partial charge in [-0.05, 0) is 35.9 Å². The van der Waals surface area contributed by atoms with E-state index < -0.39 is 11.8 Å². The Morgan fingerprint density at radius 3 is 2.81 bits per heavy atom. The summed E-state index contributed by atoms with van der Waals surface area (Å²) in [4.78, 5) is 36.6. The molecule has 0 spiro atoms. The lowest BCUT2D eigenvalue weighted by Crippen LogP contribution is -2.25. The van der Waals surface area contributed by atoms with E-state index in [2.05, 4.69) is 20.3 Å². The molecule has 0 saturated heterocycles. The second-order valence-corrected chi connectivity index (χ2v) is 7.87. The van der Waals surface area contributed by atoms with Gasteiger partial charge in [-0.1, -0.05) is 23.9 Å². The molecule has 32 heavy (non-hydrogen) atoms. The SMILES string of the molecule is COc1ccc2[nH]cc(CNC(=O)c3nc(Sc4ccccc4C(N)=O)cnc3N)c2c1. The summed E-state index contributed by atoms with van der Waals surface area (Å²) < 4.78 is 5.28. The number of rotatable bonds is 7. The number of anilines is 1. The highest BCUT2D eigenvalue weighted by Crippen LogP contribution is 2.29. The van der Waals surface area contributed by atoms with Crippen LogP contribution in [-0.4, -0.2) is 33.9 Å². The minimum atomic E-state index is -0.551. The zero-order valence-corrected chi connectivity index (χ0v) is 17.9. The molecule has 0 atom stereocenters. The third-order valence-corrected chi connectivity index (χ3v) is 5.76. The van der Waals surface area contributed by atoms with Gasteiger partial charge in [0.25, 0.3) is 5.91 Å². The lowest BCUT2D eigenvalue weighted by molar-refractivity contribution is 0.0944. The number of methoxy groups -OCH3 is 1. The first-order valence-electron chi connectivity index (χ1n) is 9.57. The van der Waals surface area contributed by atoms with Crippen molar-refractivity contribution in [1.82, 2.24) is 20.3 Å². The number of fused-ring (bicyclic) bond motifs is 1. The first-order chi connectivity index (χ1) is 15.5. The van der Waals surface area contributed by atoms with Crippen molar-refractivity contribution < 1.29 is 14.3 Å². The monoisotopic (exact) mass is 448 g/mol. The summed E-state index contributed by atoms with van der Waals surface area (Å²) in [5, 5.41) is 4.18. The molecule has 0 saturated carbocycles. The van der Waals surface area contributed by atoms with Crippen LogP contribution in [-0.2, 0) is 6.54 Å². The number of hydrogen-bond acceptors (Lipinski definition) is 7. The van der Waals surface area contributed by atoms with Gasteiger partial charge < -0.3 is 26.5 Å². The van der Waals surface area contributed by atoms with E-state index in [1.54, 1.807) is 31.4 Å².